The van der Waals surface area contributed by atoms with E-state index in [0.29, 0.717) is 23.7 Å². The summed E-state index contributed by atoms with van der Waals surface area (Å²) in [5, 5.41) is 10.5. The summed E-state index contributed by atoms with van der Waals surface area (Å²) in [4.78, 5) is 11.8. The highest BCUT2D eigenvalue weighted by Gasteiger charge is 2.16. The van der Waals surface area contributed by atoms with Gasteiger partial charge in [0.1, 0.15) is 30.3 Å². The van der Waals surface area contributed by atoms with Crippen LogP contribution in [-0.4, -0.2) is 17.7 Å². The lowest BCUT2D eigenvalue weighted by atomic mass is 10.1. The number of benzene rings is 2. The van der Waals surface area contributed by atoms with Gasteiger partial charge in [0.2, 0.25) is 0 Å². The van der Waals surface area contributed by atoms with Gasteiger partial charge in [-0.1, -0.05) is 34.1 Å². The maximum absolute atomic E-state index is 11.8. The molecule has 3 aromatic rings. The Balaban J connectivity index is 1.85. The number of hydrogen-bond donors (Lipinski definition) is 1. The van der Waals surface area contributed by atoms with Gasteiger partial charge in [0.15, 0.2) is 0 Å². The van der Waals surface area contributed by atoms with E-state index >= 15 is 0 Å². The van der Waals surface area contributed by atoms with Gasteiger partial charge in [-0.25, -0.2) is 0 Å². The van der Waals surface area contributed by atoms with E-state index in [4.69, 9.17) is 13.9 Å². The maximum atomic E-state index is 11.8. The molecule has 0 aliphatic heterocycles. The fourth-order valence-electron chi connectivity index (χ4n) is 2.77. The molecule has 0 bridgehead atoms. The van der Waals surface area contributed by atoms with Gasteiger partial charge in [-0.15, -0.1) is 0 Å². The highest BCUT2D eigenvalue weighted by Crippen LogP contribution is 2.30. The van der Waals surface area contributed by atoms with Crippen molar-refractivity contribution in [3.05, 3.63) is 63.8 Å². The number of ether oxygens (including phenoxy) is 2. The standard InChI is InChI=1S/C20H19BrO5/c1-2-24-20(23)9-13-5-3-4-6-17(13)25-12-16-15-10-14(21)7-8-18(15)26-19(16)11-22/h3-8,10,22H,2,9,11-12H2,1H3. The zero-order chi connectivity index (χ0) is 18.5. The van der Waals surface area contributed by atoms with Crippen LogP contribution >= 0.6 is 15.9 Å². The summed E-state index contributed by atoms with van der Waals surface area (Å²) in [5.74, 6) is 0.784. The molecule has 0 fully saturated rings. The van der Waals surface area contributed by atoms with Crippen LogP contribution in [0.25, 0.3) is 11.0 Å². The molecule has 0 spiro atoms. The zero-order valence-electron chi connectivity index (χ0n) is 14.3. The third kappa shape index (κ3) is 4.08. The largest absolute Gasteiger partial charge is 0.488 e. The van der Waals surface area contributed by atoms with E-state index in [0.717, 1.165) is 21.0 Å². The minimum absolute atomic E-state index is 0.147. The Morgan fingerprint density at radius 3 is 2.81 bits per heavy atom. The molecule has 1 aromatic heterocycles. The van der Waals surface area contributed by atoms with Crippen molar-refractivity contribution in [1.29, 1.82) is 0 Å². The van der Waals surface area contributed by atoms with Crippen molar-refractivity contribution in [2.75, 3.05) is 6.61 Å². The van der Waals surface area contributed by atoms with Crippen LogP contribution in [0, 0.1) is 0 Å². The van der Waals surface area contributed by atoms with Gasteiger partial charge < -0.3 is 19.0 Å². The lowest BCUT2D eigenvalue weighted by Crippen LogP contribution is -2.09. The van der Waals surface area contributed by atoms with Crippen molar-refractivity contribution in [1.82, 2.24) is 0 Å². The molecule has 0 unspecified atom stereocenters. The number of furan rings is 1. The maximum Gasteiger partial charge on any atom is 0.310 e. The highest BCUT2D eigenvalue weighted by atomic mass is 79.9. The van der Waals surface area contributed by atoms with Crippen molar-refractivity contribution in [3.63, 3.8) is 0 Å². The van der Waals surface area contributed by atoms with Crippen molar-refractivity contribution < 1.29 is 23.8 Å². The number of carbonyl (C=O) groups is 1. The molecule has 0 amide bonds. The second-order valence-corrected chi connectivity index (χ2v) is 6.60. The monoisotopic (exact) mass is 418 g/mol. The molecule has 136 valence electrons. The number of aliphatic hydroxyl groups excluding tert-OH is 1. The molecule has 3 rings (SSSR count). The average molecular weight is 419 g/mol. The first-order chi connectivity index (χ1) is 12.6. The van der Waals surface area contributed by atoms with Crippen LogP contribution in [0.3, 0.4) is 0 Å². The number of hydrogen-bond acceptors (Lipinski definition) is 5. The molecule has 26 heavy (non-hydrogen) atoms. The fraction of sp³-hybridized carbons (Fsp3) is 0.250. The molecule has 0 saturated carbocycles. The molecule has 0 aliphatic rings. The first-order valence-electron chi connectivity index (χ1n) is 8.29. The summed E-state index contributed by atoms with van der Waals surface area (Å²) >= 11 is 3.45. The number of aliphatic hydroxyl groups is 1. The highest BCUT2D eigenvalue weighted by molar-refractivity contribution is 9.10. The molecular weight excluding hydrogens is 400 g/mol. The number of fused-ring (bicyclic) bond motifs is 1. The minimum atomic E-state index is -0.294. The summed E-state index contributed by atoms with van der Waals surface area (Å²) < 4.78 is 17.6. The molecule has 5 nitrogen and oxygen atoms in total. The Morgan fingerprint density at radius 2 is 2.04 bits per heavy atom. The number of esters is 1. The summed E-state index contributed by atoms with van der Waals surface area (Å²) in [6.07, 6.45) is 0.147. The Kier molecular flexibility index (Phi) is 5.96. The van der Waals surface area contributed by atoms with Crippen LogP contribution in [0.2, 0.25) is 0 Å². The van der Waals surface area contributed by atoms with E-state index < -0.39 is 0 Å². The van der Waals surface area contributed by atoms with Gasteiger partial charge in [0, 0.05) is 21.0 Å². The van der Waals surface area contributed by atoms with E-state index in [2.05, 4.69) is 15.9 Å². The Morgan fingerprint density at radius 1 is 1.23 bits per heavy atom. The normalized spacial score (nSPS) is 10.9. The first kappa shape index (κ1) is 18.5. The van der Waals surface area contributed by atoms with Crippen molar-refractivity contribution >= 4 is 32.9 Å². The van der Waals surface area contributed by atoms with Gasteiger partial charge in [0.25, 0.3) is 0 Å². The molecule has 1 N–H and O–H groups in total. The molecular formula is C20H19BrO5. The second-order valence-electron chi connectivity index (χ2n) is 5.68. The topological polar surface area (TPSA) is 68.9 Å². The van der Waals surface area contributed by atoms with Crippen molar-refractivity contribution in [3.8, 4) is 5.75 Å². The van der Waals surface area contributed by atoms with E-state index in [1.807, 2.05) is 42.5 Å². The van der Waals surface area contributed by atoms with Gasteiger partial charge in [-0.05, 0) is 31.2 Å². The molecule has 1 heterocycles. The number of halogens is 1. The Labute approximate surface area is 159 Å². The van der Waals surface area contributed by atoms with E-state index in [1.165, 1.54) is 0 Å². The SMILES string of the molecule is CCOC(=O)Cc1ccccc1OCc1c(CO)oc2ccc(Br)cc12. The van der Waals surface area contributed by atoms with Crippen LogP contribution in [0.5, 0.6) is 5.75 Å². The van der Waals surface area contributed by atoms with Gasteiger partial charge in [-0.3, -0.25) is 4.79 Å². The van der Waals surface area contributed by atoms with Gasteiger partial charge in [-0.2, -0.15) is 0 Å². The Bertz CT molecular complexity index is 916. The summed E-state index contributed by atoms with van der Waals surface area (Å²) in [5.41, 5.74) is 2.23. The second kappa shape index (κ2) is 8.38. The number of rotatable bonds is 7. The van der Waals surface area contributed by atoms with Crippen LogP contribution in [0.15, 0.2) is 51.4 Å². The average Bonchev–Trinajstić information content (AvgIpc) is 2.98. The van der Waals surface area contributed by atoms with E-state index in [9.17, 15) is 9.90 Å². The lowest BCUT2D eigenvalue weighted by molar-refractivity contribution is -0.142. The van der Waals surface area contributed by atoms with Crippen molar-refractivity contribution in [2.24, 2.45) is 0 Å². The zero-order valence-corrected chi connectivity index (χ0v) is 15.9. The van der Waals surface area contributed by atoms with Crippen LogP contribution in [0.1, 0.15) is 23.8 Å². The minimum Gasteiger partial charge on any atom is -0.488 e. The van der Waals surface area contributed by atoms with Gasteiger partial charge in [0.05, 0.1) is 13.0 Å². The fourth-order valence-corrected chi connectivity index (χ4v) is 3.13. The predicted octanol–water partition coefficient (Wildman–Crippen LogP) is 4.37. The predicted molar refractivity (Wildman–Crippen MR) is 101 cm³/mol. The third-order valence-electron chi connectivity index (χ3n) is 3.96. The van der Waals surface area contributed by atoms with E-state index in [1.54, 1.807) is 6.92 Å². The number of carbonyl (C=O) groups excluding carboxylic acids is 1. The summed E-state index contributed by atoms with van der Waals surface area (Å²) in [6, 6.07) is 13.0. The quantitative estimate of drug-likeness (QED) is 0.576. The van der Waals surface area contributed by atoms with E-state index in [-0.39, 0.29) is 25.6 Å². The molecule has 0 saturated heterocycles. The summed E-state index contributed by atoms with van der Waals surface area (Å²) in [6.45, 7) is 2.13. The van der Waals surface area contributed by atoms with Gasteiger partial charge >= 0.3 is 5.97 Å². The van der Waals surface area contributed by atoms with Crippen LogP contribution in [-0.2, 0) is 29.2 Å². The smallest absolute Gasteiger partial charge is 0.310 e. The van der Waals surface area contributed by atoms with Crippen molar-refractivity contribution in [2.45, 2.75) is 26.6 Å². The van der Waals surface area contributed by atoms with Crippen LogP contribution < -0.4 is 4.74 Å². The third-order valence-corrected chi connectivity index (χ3v) is 4.46. The van der Waals surface area contributed by atoms with Crippen LogP contribution in [0.4, 0.5) is 0 Å². The summed E-state index contributed by atoms with van der Waals surface area (Å²) in [7, 11) is 0. The first-order valence-corrected chi connectivity index (χ1v) is 9.08. The molecule has 6 heteroatoms. The molecule has 0 radical (unpaired) electrons. The molecule has 2 aromatic carbocycles. The lowest BCUT2D eigenvalue weighted by Gasteiger charge is -2.11. The number of para-hydroxylation sites is 1. The molecule has 0 aliphatic carbocycles. The Hall–Kier alpha value is -2.31. The molecule has 0 atom stereocenters.